The summed E-state index contributed by atoms with van der Waals surface area (Å²) in [5.41, 5.74) is 8.95. The number of benzene rings is 1. The van der Waals surface area contributed by atoms with Crippen LogP contribution in [0.4, 0.5) is 17.1 Å². The first-order chi connectivity index (χ1) is 6.72. The second-order valence-corrected chi connectivity index (χ2v) is 3.83. The van der Waals surface area contributed by atoms with E-state index in [4.69, 9.17) is 5.73 Å². The molecule has 0 amide bonds. The molecule has 2 rings (SSSR count). The van der Waals surface area contributed by atoms with E-state index < -0.39 is 0 Å². The minimum Gasteiger partial charge on any atom is -0.399 e. The van der Waals surface area contributed by atoms with Crippen molar-refractivity contribution in [1.82, 2.24) is 0 Å². The predicted molar refractivity (Wildman–Crippen MR) is 61.8 cm³/mol. The van der Waals surface area contributed by atoms with E-state index in [1.54, 1.807) is 0 Å². The van der Waals surface area contributed by atoms with Crippen LogP contribution in [0.15, 0.2) is 18.2 Å². The molecule has 1 aromatic carbocycles. The van der Waals surface area contributed by atoms with Gasteiger partial charge in [-0.15, -0.1) is 0 Å². The van der Waals surface area contributed by atoms with Gasteiger partial charge in [-0.1, -0.05) is 6.92 Å². The van der Waals surface area contributed by atoms with Crippen molar-refractivity contribution in [3.8, 4) is 0 Å². The number of hydrogen-bond acceptors (Lipinski definition) is 3. The molecule has 0 saturated heterocycles. The molecule has 0 saturated carbocycles. The molecule has 0 spiro atoms. The van der Waals surface area contributed by atoms with E-state index in [0.717, 1.165) is 24.3 Å². The number of fused-ring (bicyclic) bond motifs is 1. The molecule has 76 valence electrons. The van der Waals surface area contributed by atoms with Crippen LogP contribution in [0, 0.1) is 0 Å². The second-order valence-electron chi connectivity index (χ2n) is 3.83. The smallest absolute Gasteiger partial charge is 0.0604 e. The van der Waals surface area contributed by atoms with Crippen molar-refractivity contribution >= 4 is 17.1 Å². The van der Waals surface area contributed by atoms with Crippen LogP contribution < -0.4 is 16.0 Å². The fraction of sp³-hybridized carbons (Fsp3) is 0.455. The van der Waals surface area contributed by atoms with Crippen LogP contribution in [0.2, 0.25) is 0 Å². The van der Waals surface area contributed by atoms with Gasteiger partial charge < -0.3 is 16.0 Å². The maximum atomic E-state index is 5.74. The second kappa shape index (κ2) is 3.40. The standard InChI is InChI=1S/C11H17N3/c1-3-9-7-13-10-6-8(12)4-5-11(10)14(9)2/h4-6,9,13H,3,7,12H2,1-2H3. The van der Waals surface area contributed by atoms with Gasteiger partial charge in [-0.25, -0.2) is 0 Å². The summed E-state index contributed by atoms with van der Waals surface area (Å²) in [5.74, 6) is 0. The van der Waals surface area contributed by atoms with E-state index in [1.807, 2.05) is 12.1 Å². The highest BCUT2D eigenvalue weighted by molar-refractivity contribution is 5.76. The topological polar surface area (TPSA) is 41.3 Å². The van der Waals surface area contributed by atoms with Gasteiger partial charge in [0.05, 0.1) is 11.4 Å². The Kier molecular flexibility index (Phi) is 2.23. The summed E-state index contributed by atoms with van der Waals surface area (Å²) in [6.07, 6.45) is 1.16. The Morgan fingerprint density at radius 2 is 2.36 bits per heavy atom. The molecule has 1 aromatic rings. The molecule has 0 bridgehead atoms. The third-order valence-electron chi connectivity index (χ3n) is 2.95. The van der Waals surface area contributed by atoms with Crippen molar-refractivity contribution in [2.75, 3.05) is 29.5 Å². The SMILES string of the molecule is CCC1CNc2cc(N)ccc2N1C. The molecular formula is C11H17N3. The zero-order valence-electron chi connectivity index (χ0n) is 8.75. The average molecular weight is 191 g/mol. The maximum absolute atomic E-state index is 5.74. The van der Waals surface area contributed by atoms with Crippen LogP contribution in [0.25, 0.3) is 0 Å². The van der Waals surface area contributed by atoms with Gasteiger partial charge in [0, 0.05) is 25.3 Å². The third-order valence-corrected chi connectivity index (χ3v) is 2.95. The molecule has 0 aromatic heterocycles. The number of nitrogens with two attached hydrogens (primary N) is 1. The molecular weight excluding hydrogens is 174 g/mol. The quantitative estimate of drug-likeness (QED) is 0.666. The van der Waals surface area contributed by atoms with E-state index in [9.17, 15) is 0 Å². The van der Waals surface area contributed by atoms with Crippen LogP contribution in [-0.2, 0) is 0 Å². The first-order valence-electron chi connectivity index (χ1n) is 5.08. The van der Waals surface area contributed by atoms with E-state index in [2.05, 4.69) is 30.3 Å². The molecule has 0 aliphatic carbocycles. The van der Waals surface area contributed by atoms with Crippen LogP contribution in [-0.4, -0.2) is 19.6 Å². The lowest BCUT2D eigenvalue weighted by Crippen LogP contribution is -2.40. The van der Waals surface area contributed by atoms with Crippen LogP contribution in [0.5, 0.6) is 0 Å². The molecule has 0 fully saturated rings. The molecule has 1 aliphatic heterocycles. The summed E-state index contributed by atoms with van der Waals surface area (Å²) in [4.78, 5) is 2.32. The van der Waals surface area contributed by atoms with E-state index >= 15 is 0 Å². The Morgan fingerprint density at radius 1 is 1.57 bits per heavy atom. The van der Waals surface area contributed by atoms with Gasteiger partial charge in [-0.2, -0.15) is 0 Å². The van der Waals surface area contributed by atoms with Crippen LogP contribution >= 0.6 is 0 Å². The number of anilines is 3. The molecule has 14 heavy (non-hydrogen) atoms. The van der Waals surface area contributed by atoms with Crippen molar-refractivity contribution in [3.05, 3.63) is 18.2 Å². The number of hydrogen-bond donors (Lipinski definition) is 2. The fourth-order valence-corrected chi connectivity index (χ4v) is 1.98. The monoisotopic (exact) mass is 191 g/mol. The normalized spacial score (nSPS) is 20.1. The minimum atomic E-state index is 0.589. The lowest BCUT2D eigenvalue weighted by molar-refractivity contribution is 0.623. The Morgan fingerprint density at radius 3 is 3.07 bits per heavy atom. The van der Waals surface area contributed by atoms with E-state index in [0.29, 0.717) is 6.04 Å². The summed E-state index contributed by atoms with van der Waals surface area (Å²) in [5, 5.41) is 3.41. The summed E-state index contributed by atoms with van der Waals surface area (Å²) in [6, 6.07) is 6.62. The van der Waals surface area contributed by atoms with Gasteiger partial charge in [-0.05, 0) is 24.6 Å². The Labute approximate surface area is 84.9 Å². The number of nitrogen functional groups attached to an aromatic ring is 1. The lowest BCUT2D eigenvalue weighted by atomic mass is 10.1. The summed E-state index contributed by atoms with van der Waals surface area (Å²) < 4.78 is 0. The number of nitrogens with zero attached hydrogens (tertiary/aromatic N) is 1. The lowest BCUT2D eigenvalue weighted by Gasteiger charge is -2.36. The van der Waals surface area contributed by atoms with Crippen molar-refractivity contribution < 1.29 is 0 Å². The van der Waals surface area contributed by atoms with Gasteiger partial charge in [0.2, 0.25) is 0 Å². The van der Waals surface area contributed by atoms with Gasteiger partial charge in [-0.3, -0.25) is 0 Å². The highest BCUT2D eigenvalue weighted by Gasteiger charge is 2.21. The average Bonchev–Trinajstić information content (AvgIpc) is 2.18. The largest absolute Gasteiger partial charge is 0.399 e. The highest BCUT2D eigenvalue weighted by Crippen LogP contribution is 2.32. The Hall–Kier alpha value is -1.38. The van der Waals surface area contributed by atoms with Crippen molar-refractivity contribution in [2.45, 2.75) is 19.4 Å². The summed E-state index contributed by atoms with van der Waals surface area (Å²) >= 11 is 0. The molecule has 3 heteroatoms. The van der Waals surface area contributed by atoms with Gasteiger partial charge in [0.25, 0.3) is 0 Å². The molecule has 0 radical (unpaired) electrons. The van der Waals surface area contributed by atoms with Crippen molar-refractivity contribution in [3.63, 3.8) is 0 Å². The molecule has 1 aliphatic rings. The van der Waals surface area contributed by atoms with Gasteiger partial charge in [0.1, 0.15) is 0 Å². The zero-order valence-corrected chi connectivity index (χ0v) is 8.75. The van der Waals surface area contributed by atoms with E-state index in [1.165, 1.54) is 5.69 Å². The number of rotatable bonds is 1. The number of nitrogens with one attached hydrogen (secondary N) is 1. The third kappa shape index (κ3) is 1.39. The Bertz CT molecular complexity index is 335. The molecule has 1 unspecified atom stereocenters. The summed E-state index contributed by atoms with van der Waals surface area (Å²) in [7, 11) is 2.14. The van der Waals surface area contributed by atoms with Crippen molar-refractivity contribution in [1.29, 1.82) is 0 Å². The Balaban J connectivity index is 2.36. The molecule has 1 atom stereocenters. The molecule has 1 heterocycles. The van der Waals surface area contributed by atoms with E-state index in [-0.39, 0.29) is 0 Å². The fourth-order valence-electron chi connectivity index (χ4n) is 1.98. The van der Waals surface area contributed by atoms with Crippen LogP contribution in [0.3, 0.4) is 0 Å². The van der Waals surface area contributed by atoms with Gasteiger partial charge >= 0.3 is 0 Å². The first kappa shape index (κ1) is 9.19. The number of likely N-dealkylation sites (N-methyl/N-ethyl adjacent to an activating group) is 1. The highest BCUT2D eigenvalue weighted by atomic mass is 15.2. The first-order valence-corrected chi connectivity index (χ1v) is 5.08. The minimum absolute atomic E-state index is 0.589. The molecule has 3 N–H and O–H groups in total. The maximum Gasteiger partial charge on any atom is 0.0604 e. The van der Waals surface area contributed by atoms with Crippen molar-refractivity contribution in [2.24, 2.45) is 0 Å². The summed E-state index contributed by atoms with van der Waals surface area (Å²) in [6.45, 7) is 3.22. The van der Waals surface area contributed by atoms with Gasteiger partial charge in [0.15, 0.2) is 0 Å². The van der Waals surface area contributed by atoms with Crippen LogP contribution in [0.1, 0.15) is 13.3 Å². The molecule has 3 nitrogen and oxygen atoms in total. The predicted octanol–water partition coefficient (Wildman–Crippen LogP) is 1.91. The zero-order chi connectivity index (χ0) is 10.1.